The van der Waals surface area contributed by atoms with Crippen molar-refractivity contribution >= 4 is 68.0 Å². The maximum Gasteiger partial charge on any atom is 0.269 e. The first-order valence-electron chi connectivity index (χ1n) is 24.1. The number of non-ortho nitro benzene ring substituents is 2. The van der Waals surface area contributed by atoms with Gasteiger partial charge >= 0.3 is 0 Å². The highest BCUT2D eigenvalue weighted by Gasteiger charge is 2.23. The predicted molar refractivity (Wildman–Crippen MR) is 276 cm³/mol. The molecule has 366 valence electrons. The van der Waals surface area contributed by atoms with Crippen molar-refractivity contribution in [1.29, 1.82) is 0 Å². The molecule has 0 heterocycles. The van der Waals surface area contributed by atoms with Gasteiger partial charge in [-0.25, -0.2) is 0 Å². The molecule has 4 amide bonds. The molecule has 0 aliphatic heterocycles. The summed E-state index contributed by atoms with van der Waals surface area (Å²) in [5, 5.41) is 33.3. The van der Waals surface area contributed by atoms with E-state index in [0.29, 0.717) is 37.1 Å². The zero-order valence-corrected chi connectivity index (χ0v) is 40.7. The van der Waals surface area contributed by atoms with E-state index in [-0.39, 0.29) is 35.0 Å². The van der Waals surface area contributed by atoms with Crippen molar-refractivity contribution < 1.29 is 29.0 Å². The molecule has 4 aromatic carbocycles. The SMILES string of the molecule is O=C(CCCCCCCCCCSSCCCCCCCCCCC(=O)N[C@@H](Cc1ccccc1)C(=O)Nc1ccc([N+](=O)[O-])cc1)N[C@@H](Cc1ccccc1)C(=O)Nc1ccc([N+](=O)[O-])cc1. The van der Waals surface area contributed by atoms with Crippen LogP contribution < -0.4 is 21.3 Å². The van der Waals surface area contributed by atoms with E-state index in [1.807, 2.05) is 82.3 Å². The molecule has 0 aliphatic rings. The summed E-state index contributed by atoms with van der Waals surface area (Å²) < 4.78 is 0. The Hall–Kier alpha value is -5.74. The van der Waals surface area contributed by atoms with Crippen LogP contribution in [0.25, 0.3) is 0 Å². The van der Waals surface area contributed by atoms with Crippen LogP contribution in [0.4, 0.5) is 22.7 Å². The summed E-state index contributed by atoms with van der Waals surface area (Å²) in [6, 6.07) is 28.7. The Labute approximate surface area is 409 Å². The topological polar surface area (TPSA) is 203 Å². The van der Waals surface area contributed by atoms with Gasteiger partial charge in [0.25, 0.3) is 11.4 Å². The number of nitrogens with one attached hydrogen (secondary N) is 4. The van der Waals surface area contributed by atoms with E-state index in [1.54, 1.807) is 0 Å². The van der Waals surface area contributed by atoms with Crippen molar-refractivity contribution in [2.24, 2.45) is 0 Å². The standard InChI is InChI=1S/C52H68N6O8S2/c59-49(55-47(39-41-23-15-13-16-24-41)51(61)53-43-29-33-45(34-30-43)57(63)64)27-19-9-5-1-3-7-11-21-37-67-68-38-22-12-8-4-2-6-10-20-28-50(60)56-48(40-42-25-17-14-18-26-42)52(62)54-44-31-35-46(36-32-44)58(65)66/h13-18,23-26,29-36,47-48H,1-12,19-22,27-28,37-40H2,(H,53,61)(H,54,62)(H,55,59)(H,56,60)/t47-,48-/m0/s1. The molecule has 4 N–H and O–H groups in total. The minimum Gasteiger partial charge on any atom is -0.344 e. The van der Waals surface area contributed by atoms with Gasteiger partial charge in [0.05, 0.1) is 9.85 Å². The van der Waals surface area contributed by atoms with Gasteiger partial charge in [0, 0.05) is 72.8 Å². The molecular weight excluding hydrogens is 901 g/mol. The number of carbonyl (C=O) groups is 4. The van der Waals surface area contributed by atoms with Crippen LogP contribution in [0, 0.1) is 20.2 Å². The molecule has 0 aliphatic carbocycles. The number of hydrogen-bond acceptors (Lipinski definition) is 10. The maximum absolute atomic E-state index is 13.2. The number of rotatable bonds is 35. The van der Waals surface area contributed by atoms with E-state index in [2.05, 4.69) is 21.3 Å². The molecule has 2 atom stereocenters. The van der Waals surface area contributed by atoms with Crippen LogP contribution in [0.3, 0.4) is 0 Å². The van der Waals surface area contributed by atoms with E-state index >= 15 is 0 Å². The minimum atomic E-state index is -0.772. The lowest BCUT2D eigenvalue weighted by Gasteiger charge is -2.19. The molecule has 0 radical (unpaired) electrons. The van der Waals surface area contributed by atoms with Crippen molar-refractivity contribution in [3.63, 3.8) is 0 Å². The lowest BCUT2D eigenvalue weighted by molar-refractivity contribution is -0.385. The molecule has 0 bridgehead atoms. The normalized spacial score (nSPS) is 11.8. The quantitative estimate of drug-likeness (QED) is 0.0149. The fourth-order valence-electron chi connectivity index (χ4n) is 7.58. The Kier molecular flexibility index (Phi) is 26.5. The summed E-state index contributed by atoms with van der Waals surface area (Å²) in [4.78, 5) is 73.0. The highest BCUT2D eigenvalue weighted by atomic mass is 33.1. The molecule has 4 aromatic rings. The van der Waals surface area contributed by atoms with E-state index in [1.165, 1.54) is 111 Å². The van der Waals surface area contributed by atoms with Gasteiger partial charge in [0.2, 0.25) is 23.6 Å². The van der Waals surface area contributed by atoms with E-state index in [9.17, 15) is 39.4 Å². The summed E-state index contributed by atoms with van der Waals surface area (Å²) in [5.41, 5.74) is 2.57. The Bertz CT molecular complexity index is 1960. The number of carbonyl (C=O) groups excluding carboxylic acids is 4. The molecule has 0 fully saturated rings. The highest BCUT2D eigenvalue weighted by Crippen LogP contribution is 2.25. The molecule has 0 unspecified atom stereocenters. The zero-order chi connectivity index (χ0) is 48.6. The molecule has 0 saturated heterocycles. The zero-order valence-electron chi connectivity index (χ0n) is 39.1. The molecule has 0 spiro atoms. The first kappa shape index (κ1) is 54.9. The molecule has 14 nitrogen and oxygen atoms in total. The summed E-state index contributed by atoms with van der Waals surface area (Å²) in [5.74, 6) is 1.30. The first-order chi connectivity index (χ1) is 33.1. The fraction of sp³-hybridized carbons (Fsp3) is 0.462. The summed E-state index contributed by atoms with van der Waals surface area (Å²) >= 11 is 0. The summed E-state index contributed by atoms with van der Waals surface area (Å²) in [6.07, 6.45) is 19.1. The monoisotopic (exact) mass is 968 g/mol. The minimum absolute atomic E-state index is 0.0639. The van der Waals surface area contributed by atoms with Gasteiger partial charge < -0.3 is 21.3 Å². The average molecular weight is 969 g/mol. The Balaban J connectivity index is 0.933. The van der Waals surface area contributed by atoms with Gasteiger partial charge in [-0.15, -0.1) is 0 Å². The third kappa shape index (κ3) is 23.3. The average Bonchev–Trinajstić information content (AvgIpc) is 3.33. The second-order valence-electron chi connectivity index (χ2n) is 17.0. The van der Waals surface area contributed by atoms with Gasteiger partial charge in [-0.05, 0) is 61.1 Å². The van der Waals surface area contributed by atoms with Crippen molar-refractivity contribution in [3.05, 3.63) is 141 Å². The van der Waals surface area contributed by atoms with E-state index in [4.69, 9.17) is 0 Å². The number of nitro groups is 2. The number of nitrogens with zero attached hydrogens (tertiary/aromatic N) is 2. The van der Waals surface area contributed by atoms with Crippen LogP contribution in [0.15, 0.2) is 109 Å². The van der Waals surface area contributed by atoms with E-state index < -0.39 is 21.9 Å². The van der Waals surface area contributed by atoms with Gasteiger partial charge in [-0.1, -0.05) is 159 Å². The van der Waals surface area contributed by atoms with Crippen LogP contribution in [-0.4, -0.2) is 57.1 Å². The lowest BCUT2D eigenvalue weighted by Crippen LogP contribution is -2.45. The van der Waals surface area contributed by atoms with Gasteiger partial charge in [0.15, 0.2) is 0 Å². The number of amides is 4. The number of hydrogen-bond donors (Lipinski definition) is 4. The third-order valence-corrected chi connectivity index (χ3v) is 14.0. The van der Waals surface area contributed by atoms with Crippen molar-refractivity contribution in [3.8, 4) is 0 Å². The maximum atomic E-state index is 13.2. The number of unbranched alkanes of at least 4 members (excludes halogenated alkanes) is 14. The van der Waals surface area contributed by atoms with Crippen molar-refractivity contribution in [2.75, 3.05) is 22.1 Å². The van der Waals surface area contributed by atoms with Gasteiger partial charge in [-0.2, -0.15) is 0 Å². The summed E-state index contributed by atoms with van der Waals surface area (Å²) in [7, 11) is 3.96. The summed E-state index contributed by atoms with van der Waals surface area (Å²) in [6.45, 7) is 0. The second-order valence-corrected chi connectivity index (χ2v) is 19.7. The molecule has 0 saturated carbocycles. The number of nitro benzene ring substituents is 2. The molecule has 0 aromatic heterocycles. The molecule has 16 heteroatoms. The first-order valence-corrected chi connectivity index (χ1v) is 26.6. The number of benzene rings is 4. The second kappa shape index (κ2) is 32.9. The lowest BCUT2D eigenvalue weighted by atomic mass is 10.0. The third-order valence-electron chi connectivity index (χ3n) is 11.4. The molecule has 68 heavy (non-hydrogen) atoms. The van der Waals surface area contributed by atoms with Gasteiger partial charge in [0.1, 0.15) is 12.1 Å². The van der Waals surface area contributed by atoms with E-state index in [0.717, 1.165) is 62.5 Å². The highest BCUT2D eigenvalue weighted by molar-refractivity contribution is 8.76. The van der Waals surface area contributed by atoms with Crippen molar-refractivity contribution in [1.82, 2.24) is 10.6 Å². The van der Waals surface area contributed by atoms with Gasteiger partial charge in [-0.3, -0.25) is 39.4 Å². The fourth-order valence-corrected chi connectivity index (χ4v) is 9.87. The number of anilines is 2. The van der Waals surface area contributed by atoms with Crippen LogP contribution >= 0.6 is 21.6 Å². The van der Waals surface area contributed by atoms with Crippen LogP contribution in [0.1, 0.15) is 127 Å². The smallest absolute Gasteiger partial charge is 0.269 e. The molecular formula is C52H68N6O8S2. The Morgan fingerprint density at radius 1 is 0.426 bits per heavy atom. The molecule has 4 rings (SSSR count). The predicted octanol–water partition coefficient (Wildman–Crippen LogP) is 11.9. The van der Waals surface area contributed by atoms with Crippen LogP contribution in [-0.2, 0) is 32.0 Å². The van der Waals surface area contributed by atoms with Crippen molar-refractivity contribution in [2.45, 2.75) is 141 Å². The Morgan fingerprint density at radius 3 is 1.06 bits per heavy atom. The van der Waals surface area contributed by atoms with Crippen LogP contribution in [0.5, 0.6) is 0 Å². The Morgan fingerprint density at radius 2 is 0.735 bits per heavy atom. The largest absolute Gasteiger partial charge is 0.344 e. The van der Waals surface area contributed by atoms with Crippen LogP contribution in [0.2, 0.25) is 0 Å².